The molecule has 0 aliphatic carbocycles. The fraction of sp³-hybridized carbons (Fsp3) is 0. The van der Waals surface area contributed by atoms with Crippen LogP contribution < -0.4 is 0 Å². The van der Waals surface area contributed by atoms with Crippen LogP contribution in [0, 0.1) is 0 Å². The van der Waals surface area contributed by atoms with E-state index in [4.69, 9.17) is 0 Å². The van der Waals surface area contributed by atoms with Crippen LogP contribution in [0.1, 0.15) is 0 Å². The van der Waals surface area contributed by atoms with E-state index in [0.29, 0.717) is 0 Å². The van der Waals surface area contributed by atoms with Gasteiger partial charge in [0.2, 0.25) is 0 Å². The Balaban J connectivity index is 2.24. The first-order valence-electron chi connectivity index (χ1n) is 4.20. The summed E-state index contributed by atoms with van der Waals surface area (Å²) in [7, 11) is 0. The van der Waals surface area contributed by atoms with Gasteiger partial charge in [0.05, 0.1) is 29.9 Å². The summed E-state index contributed by atoms with van der Waals surface area (Å²) >= 11 is 0. The van der Waals surface area contributed by atoms with E-state index >= 15 is 0 Å². The van der Waals surface area contributed by atoms with Crippen molar-refractivity contribution in [1.29, 1.82) is 0 Å². The number of fused-ring (bicyclic) bond motifs is 1. The van der Waals surface area contributed by atoms with Crippen molar-refractivity contribution in [3.8, 4) is 5.69 Å². The van der Waals surface area contributed by atoms with Gasteiger partial charge in [-0.05, 0) is 6.07 Å². The van der Waals surface area contributed by atoms with E-state index in [1.807, 2.05) is 23.0 Å². The van der Waals surface area contributed by atoms with Crippen LogP contribution in [0.25, 0.3) is 11.2 Å². The Morgan fingerprint density at radius 3 is 3.00 bits per heavy atom. The quantitative estimate of drug-likeness (QED) is 0.566. The zero-order valence-electron chi connectivity index (χ0n) is 7.28. The van der Waals surface area contributed by atoms with Crippen LogP contribution >= 0.6 is 0 Å². The summed E-state index contributed by atoms with van der Waals surface area (Å²) in [6, 6.07) is 2.00. The fourth-order valence-corrected chi connectivity index (χ4v) is 1.40. The normalized spacial score (nSPS) is 10.9. The molecule has 0 amide bonds. The molecule has 3 rings (SSSR count). The SMILES string of the molecule is c1cn(-c2cc3cncnn3c2)cn1. The average molecular weight is 185 g/mol. The molecule has 0 aromatic carbocycles. The molecule has 3 aromatic heterocycles. The molecule has 0 atom stereocenters. The third-order valence-electron chi connectivity index (χ3n) is 2.07. The number of hydrogen-bond acceptors (Lipinski definition) is 3. The second-order valence-electron chi connectivity index (χ2n) is 2.95. The standard InChI is InChI=1S/C9H7N5/c1-2-13(7-10-1)9-3-8-4-11-6-12-14(8)5-9/h1-7H. The Morgan fingerprint density at radius 2 is 2.21 bits per heavy atom. The highest BCUT2D eigenvalue weighted by atomic mass is 15.2. The van der Waals surface area contributed by atoms with Crippen LogP contribution in [0.15, 0.2) is 43.5 Å². The highest BCUT2D eigenvalue weighted by Gasteiger charge is 2.00. The number of aromatic nitrogens is 5. The van der Waals surface area contributed by atoms with E-state index in [9.17, 15) is 0 Å². The molecular formula is C9H7N5. The van der Waals surface area contributed by atoms with E-state index in [2.05, 4.69) is 15.1 Å². The highest BCUT2D eigenvalue weighted by molar-refractivity contribution is 5.52. The van der Waals surface area contributed by atoms with Gasteiger partial charge >= 0.3 is 0 Å². The first kappa shape index (κ1) is 7.25. The zero-order chi connectivity index (χ0) is 9.38. The van der Waals surface area contributed by atoms with Gasteiger partial charge in [0, 0.05) is 12.4 Å². The van der Waals surface area contributed by atoms with E-state index in [0.717, 1.165) is 11.2 Å². The van der Waals surface area contributed by atoms with Crippen LogP contribution in [0.2, 0.25) is 0 Å². The minimum absolute atomic E-state index is 0.969. The third kappa shape index (κ3) is 0.990. The number of imidazole rings is 1. The molecule has 0 saturated heterocycles. The van der Waals surface area contributed by atoms with Crippen molar-refractivity contribution in [3.05, 3.63) is 43.5 Å². The molecule has 5 nitrogen and oxygen atoms in total. The lowest BCUT2D eigenvalue weighted by Gasteiger charge is -1.92. The maximum atomic E-state index is 4.08. The molecule has 0 bridgehead atoms. The Hall–Kier alpha value is -2.17. The fourth-order valence-electron chi connectivity index (χ4n) is 1.40. The van der Waals surface area contributed by atoms with Gasteiger partial charge in [-0.15, -0.1) is 0 Å². The van der Waals surface area contributed by atoms with Crippen molar-refractivity contribution >= 4 is 5.52 Å². The summed E-state index contributed by atoms with van der Waals surface area (Å²) in [6.07, 6.45) is 10.6. The first-order valence-corrected chi connectivity index (χ1v) is 4.20. The Labute approximate surface area is 79.7 Å². The van der Waals surface area contributed by atoms with Crippen LogP contribution in [0.4, 0.5) is 0 Å². The highest BCUT2D eigenvalue weighted by Crippen LogP contribution is 2.11. The summed E-state index contributed by atoms with van der Waals surface area (Å²) in [4.78, 5) is 7.94. The number of rotatable bonds is 1. The molecule has 68 valence electrons. The minimum Gasteiger partial charge on any atom is -0.305 e. The minimum atomic E-state index is 0.969. The third-order valence-corrected chi connectivity index (χ3v) is 2.07. The van der Waals surface area contributed by atoms with Crippen molar-refractivity contribution < 1.29 is 0 Å². The molecular weight excluding hydrogens is 178 g/mol. The zero-order valence-corrected chi connectivity index (χ0v) is 7.28. The van der Waals surface area contributed by atoms with Gasteiger partial charge in [-0.1, -0.05) is 0 Å². The largest absolute Gasteiger partial charge is 0.305 e. The average Bonchev–Trinajstić information content (AvgIpc) is 2.86. The summed E-state index contributed by atoms with van der Waals surface area (Å²) in [6.45, 7) is 0. The summed E-state index contributed by atoms with van der Waals surface area (Å²) in [5.41, 5.74) is 2.00. The van der Waals surface area contributed by atoms with Crippen molar-refractivity contribution in [3.63, 3.8) is 0 Å². The molecule has 0 N–H and O–H groups in total. The monoisotopic (exact) mass is 185 g/mol. The lowest BCUT2D eigenvalue weighted by molar-refractivity contribution is 0.897. The van der Waals surface area contributed by atoms with Gasteiger partial charge in [-0.2, -0.15) is 5.10 Å². The van der Waals surface area contributed by atoms with Gasteiger partial charge in [0.1, 0.15) is 6.33 Å². The summed E-state index contributed by atoms with van der Waals surface area (Å²) in [5, 5.41) is 4.08. The molecule has 0 saturated carbocycles. The molecule has 0 radical (unpaired) electrons. The Morgan fingerprint density at radius 1 is 1.21 bits per heavy atom. The molecule has 0 aliphatic rings. The maximum Gasteiger partial charge on any atom is 0.136 e. The predicted molar refractivity (Wildman–Crippen MR) is 50.1 cm³/mol. The molecule has 0 spiro atoms. The first-order chi connectivity index (χ1) is 6.93. The molecule has 5 heteroatoms. The molecule has 0 aliphatic heterocycles. The Kier molecular flexibility index (Phi) is 1.38. The van der Waals surface area contributed by atoms with Gasteiger partial charge < -0.3 is 4.57 Å². The Bertz CT molecular complexity index is 518. The van der Waals surface area contributed by atoms with Crippen LogP contribution in [0.3, 0.4) is 0 Å². The lowest BCUT2D eigenvalue weighted by Crippen LogP contribution is -1.89. The van der Waals surface area contributed by atoms with Crippen molar-refractivity contribution in [2.24, 2.45) is 0 Å². The van der Waals surface area contributed by atoms with Crippen molar-refractivity contribution in [1.82, 2.24) is 24.1 Å². The van der Waals surface area contributed by atoms with Gasteiger partial charge in [-0.25, -0.2) is 14.5 Å². The van der Waals surface area contributed by atoms with Gasteiger partial charge in [-0.3, -0.25) is 0 Å². The predicted octanol–water partition coefficient (Wildman–Crippen LogP) is 0.915. The van der Waals surface area contributed by atoms with Gasteiger partial charge in [0.25, 0.3) is 0 Å². The lowest BCUT2D eigenvalue weighted by atomic mass is 10.5. The van der Waals surface area contributed by atoms with Crippen LogP contribution in [-0.2, 0) is 0 Å². The van der Waals surface area contributed by atoms with E-state index < -0.39 is 0 Å². The maximum absolute atomic E-state index is 4.08. The molecule has 14 heavy (non-hydrogen) atoms. The van der Waals surface area contributed by atoms with E-state index in [1.165, 1.54) is 6.33 Å². The number of nitrogens with zero attached hydrogens (tertiary/aromatic N) is 5. The second kappa shape index (κ2) is 2.66. The van der Waals surface area contributed by atoms with Crippen molar-refractivity contribution in [2.75, 3.05) is 0 Å². The summed E-state index contributed by atoms with van der Waals surface area (Å²) < 4.78 is 3.71. The van der Waals surface area contributed by atoms with Crippen LogP contribution in [0.5, 0.6) is 0 Å². The summed E-state index contributed by atoms with van der Waals surface area (Å²) in [5.74, 6) is 0. The van der Waals surface area contributed by atoms with Crippen LogP contribution in [-0.4, -0.2) is 24.1 Å². The smallest absolute Gasteiger partial charge is 0.136 e. The van der Waals surface area contributed by atoms with Crippen molar-refractivity contribution in [2.45, 2.75) is 0 Å². The topological polar surface area (TPSA) is 48.0 Å². The number of hydrogen-bond donors (Lipinski definition) is 0. The molecule has 3 aromatic rings. The second-order valence-corrected chi connectivity index (χ2v) is 2.95. The molecule has 0 fully saturated rings. The molecule has 3 heterocycles. The van der Waals surface area contributed by atoms with E-state index in [1.54, 1.807) is 23.2 Å². The molecule has 0 unspecified atom stereocenters. The van der Waals surface area contributed by atoms with Gasteiger partial charge in [0.15, 0.2) is 0 Å². The van der Waals surface area contributed by atoms with E-state index in [-0.39, 0.29) is 0 Å².